The van der Waals surface area contributed by atoms with Gasteiger partial charge in [-0.1, -0.05) is 19.9 Å². The zero-order valence-electron chi connectivity index (χ0n) is 17.3. The first-order chi connectivity index (χ1) is 14.2. The number of carbonyl (C=O) groups is 2. The fraction of sp³-hybridized carbons (Fsp3) is 0.292. The average Bonchev–Trinajstić information content (AvgIpc) is 2.68. The highest BCUT2D eigenvalue weighted by Crippen LogP contribution is 2.46. The Bertz CT molecular complexity index is 1070. The number of allylic oxidation sites excluding steroid dienone is 3. The van der Waals surface area contributed by atoms with Gasteiger partial charge in [0.05, 0.1) is 0 Å². The molecule has 0 saturated carbocycles. The highest BCUT2D eigenvalue weighted by Gasteiger charge is 2.42. The van der Waals surface area contributed by atoms with Crippen molar-refractivity contribution >= 4 is 17.4 Å². The maximum Gasteiger partial charge on any atom is 0.254 e. The molecule has 1 aliphatic heterocycles. The number of halogens is 1. The maximum atomic E-state index is 13.3. The second kappa shape index (κ2) is 7.52. The van der Waals surface area contributed by atoms with E-state index in [1.165, 1.54) is 24.3 Å². The lowest BCUT2D eigenvalue weighted by Gasteiger charge is -2.39. The molecule has 2 heterocycles. The van der Waals surface area contributed by atoms with Crippen molar-refractivity contribution in [1.29, 1.82) is 0 Å². The van der Waals surface area contributed by atoms with Gasteiger partial charge in [0.15, 0.2) is 5.78 Å². The number of nitrogens with zero attached hydrogens (tertiary/aromatic N) is 1. The Kier molecular flexibility index (Phi) is 5.02. The molecule has 0 bridgehead atoms. The van der Waals surface area contributed by atoms with E-state index in [0.717, 1.165) is 17.7 Å². The molecule has 2 N–H and O–H groups in total. The number of hydrogen-bond donors (Lipinski definition) is 2. The summed E-state index contributed by atoms with van der Waals surface area (Å²) in [6, 6.07) is 9.30. The molecule has 30 heavy (non-hydrogen) atoms. The van der Waals surface area contributed by atoms with Gasteiger partial charge in [0.1, 0.15) is 5.82 Å². The summed E-state index contributed by atoms with van der Waals surface area (Å²) in [5, 5.41) is 6.16. The molecule has 6 heteroatoms. The quantitative estimate of drug-likeness (QED) is 0.791. The summed E-state index contributed by atoms with van der Waals surface area (Å²) >= 11 is 0. The average molecular weight is 405 g/mol. The molecule has 0 unspecified atom stereocenters. The van der Waals surface area contributed by atoms with Crippen LogP contribution in [0.25, 0.3) is 0 Å². The van der Waals surface area contributed by atoms with Gasteiger partial charge in [-0.15, -0.1) is 0 Å². The fourth-order valence-corrected chi connectivity index (χ4v) is 4.35. The van der Waals surface area contributed by atoms with Crippen molar-refractivity contribution in [1.82, 2.24) is 10.3 Å². The summed E-state index contributed by atoms with van der Waals surface area (Å²) in [5.41, 5.74) is 3.83. The van der Waals surface area contributed by atoms with Crippen molar-refractivity contribution in [3.05, 3.63) is 82.7 Å². The SMILES string of the molecule is CC1=C(C(=O)Nc2ccc(F)cc2)[C@H](c2cccnc2)C2=C(CC(C)(C)CC2=O)N1. The summed E-state index contributed by atoms with van der Waals surface area (Å²) < 4.78 is 13.2. The summed E-state index contributed by atoms with van der Waals surface area (Å²) in [6.07, 6.45) is 4.53. The Labute approximate surface area is 175 Å². The van der Waals surface area contributed by atoms with Crippen LogP contribution >= 0.6 is 0 Å². The summed E-state index contributed by atoms with van der Waals surface area (Å²) in [4.78, 5) is 30.7. The minimum Gasteiger partial charge on any atom is -0.362 e. The highest BCUT2D eigenvalue weighted by atomic mass is 19.1. The molecule has 2 aromatic rings. The maximum absolute atomic E-state index is 13.3. The largest absolute Gasteiger partial charge is 0.362 e. The zero-order chi connectivity index (χ0) is 21.5. The van der Waals surface area contributed by atoms with Gasteiger partial charge in [0.2, 0.25) is 0 Å². The third-order valence-electron chi connectivity index (χ3n) is 5.60. The van der Waals surface area contributed by atoms with Gasteiger partial charge in [0, 0.05) is 53.0 Å². The second-order valence-electron chi connectivity index (χ2n) is 8.68. The molecule has 0 spiro atoms. The molecule has 1 aromatic carbocycles. The first kappa shape index (κ1) is 20.0. The first-order valence-electron chi connectivity index (χ1n) is 9.96. The van der Waals surface area contributed by atoms with Crippen LogP contribution in [-0.2, 0) is 9.59 Å². The minimum atomic E-state index is -0.501. The molecule has 1 amide bonds. The standard InChI is InChI=1S/C24H24FN3O2/c1-14-20(23(30)28-17-8-6-16(25)7-9-17)21(15-5-4-10-26-13-15)22-18(27-14)11-24(2,3)12-19(22)29/h4-10,13,21,27H,11-12H2,1-3H3,(H,28,30)/t21-/m0/s1. The first-order valence-corrected chi connectivity index (χ1v) is 9.96. The van der Waals surface area contributed by atoms with Crippen LogP contribution in [-0.4, -0.2) is 16.7 Å². The normalized spacial score (nSPS) is 20.5. The van der Waals surface area contributed by atoms with Gasteiger partial charge < -0.3 is 10.6 Å². The zero-order valence-corrected chi connectivity index (χ0v) is 17.3. The molecule has 2 aliphatic rings. The van der Waals surface area contributed by atoms with E-state index in [2.05, 4.69) is 29.5 Å². The molecule has 1 aromatic heterocycles. The minimum absolute atomic E-state index is 0.0437. The van der Waals surface area contributed by atoms with Gasteiger partial charge in [-0.3, -0.25) is 14.6 Å². The van der Waals surface area contributed by atoms with Gasteiger partial charge >= 0.3 is 0 Å². The van der Waals surface area contributed by atoms with Crippen molar-refractivity contribution < 1.29 is 14.0 Å². The number of aromatic nitrogens is 1. The molecule has 0 fully saturated rings. The van der Waals surface area contributed by atoms with Crippen LogP contribution in [0.5, 0.6) is 0 Å². The van der Waals surface area contributed by atoms with Crippen LogP contribution in [0.1, 0.15) is 45.1 Å². The molecule has 0 saturated heterocycles. The summed E-state index contributed by atoms with van der Waals surface area (Å²) in [5.74, 6) is -1.16. The number of rotatable bonds is 3. The van der Waals surface area contributed by atoms with E-state index in [-0.39, 0.29) is 22.9 Å². The number of Topliss-reactive ketones (excluding diaryl/α,β-unsaturated/α-hetero) is 1. The molecule has 4 rings (SSSR count). The van der Waals surface area contributed by atoms with Crippen LogP contribution in [0.4, 0.5) is 10.1 Å². The van der Waals surface area contributed by atoms with E-state index in [9.17, 15) is 14.0 Å². The van der Waals surface area contributed by atoms with E-state index >= 15 is 0 Å². The number of benzene rings is 1. The second-order valence-corrected chi connectivity index (χ2v) is 8.68. The topological polar surface area (TPSA) is 71.1 Å². The monoisotopic (exact) mass is 405 g/mol. The van der Waals surface area contributed by atoms with E-state index in [1.54, 1.807) is 18.5 Å². The lowest BCUT2D eigenvalue weighted by atomic mass is 9.68. The van der Waals surface area contributed by atoms with E-state index in [1.807, 2.05) is 13.0 Å². The van der Waals surface area contributed by atoms with Crippen molar-refractivity contribution in [3.8, 4) is 0 Å². The van der Waals surface area contributed by atoms with Crippen molar-refractivity contribution in [3.63, 3.8) is 0 Å². The Balaban J connectivity index is 1.78. The number of ketones is 1. The Morgan fingerprint density at radius 1 is 1.20 bits per heavy atom. The molecular weight excluding hydrogens is 381 g/mol. The Morgan fingerprint density at radius 3 is 2.60 bits per heavy atom. The van der Waals surface area contributed by atoms with Crippen LogP contribution in [0.3, 0.4) is 0 Å². The van der Waals surface area contributed by atoms with Crippen LogP contribution in [0.2, 0.25) is 0 Å². The van der Waals surface area contributed by atoms with Gasteiger partial charge in [-0.25, -0.2) is 4.39 Å². The van der Waals surface area contributed by atoms with E-state index < -0.39 is 5.92 Å². The van der Waals surface area contributed by atoms with Gasteiger partial charge in [0.25, 0.3) is 5.91 Å². The number of amides is 1. The predicted molar refractivity (Wildman–Crippen MR) is 113 cm³/mol. The third kappa shape index (κ3) is 3.77. The van der Waals surface area contributed by atoms with E-state index in [4.69, 9.17) is 0 Å². The summed E-state index contributed by atoms with van der Waals surface area (Å²) in [6.45, 7) is 6.00. The molecular formula is C24H24FN3O2. The van der Waals surface area contributed by atoms with Crippen LogP contribution in [0, 0.1) is 11.2 Å². The van der Waals surface area contributed by atoms with Gasteiger partial charge in [-0.2, -0.15) is 0 Å². The molecule has 0 radical (unpaired) electrons. The molecule has 154 valence electrons. The molecule has 1 atom stereocenters. The fourth-order valence-electron chi connectivity index (χ4n) is 4.35. The van der Waals surface area contributed by atoms with Crippen molar-refractivity contribution in [2.24, 2.45) is 5.41 Å². The number of carbonyl (C=O) groups excluding carboxylic acids is 2. The van der Waals surface area contributed by atoms with E-state index in [0.29, 0.717) is 29.0 Å². The number of hydrogen-bond acceptors (Lipinski definition) is 4. The number of nitrogens with one attached hydrogen (secondary N) is 2. The lowest BCUT2D eigenvalue weighted by molar-refractivity contribution is -0.118. The van der Waals surface area contributed by atoms with Gasteiger partial charge in [-0.05, 0) is 54.7 Å². The van der Waals surface area contributed by atoms with Crippen molar-refractivity contribution in [2.75, 3.05) is 5.32 Å². The number of anilines is 1. The number of pyridine rings is 1. The Hall–Kier alpha value is -3.28. The predicted octanol–water partition coefficient (Wildman–Crippen LogP) is 4.46. The van der Waals surface area contributed by atoms with Crippen LogP contribution < -0.4 is 10.6 Å². The molecule has 1 aliphatic carbocycles. The number of dihydropyridines is 1. The lowest BCUT2D eigenvalue weighted by Crippen LogP contribution is -2.39. The smallest absolute Gasteiger partial charge is 0.254 e. The Morgan fingerprint density at radius 2 is 1.93 bits per heavy atom. The van der Waals surface area contributed by atoms with Crippen molar-refractivity contribution in [2.45, 2.75) is 39.5 Å². The summed E-state index contributed by atoms with van der Waals surface area (Å²) in [7, 11) is 0. The molecule has 5 nitrogen and oxygen atoms in total. The third-order valence-corrected chi connectivity index (χ3v) is 5.60. The highest BCUT2D eigenvalue weighted by molar-refractivity contribution is 6.09. The van der Waals surface area contributed by atoms with Crippen LogP contribution in [0.15, 0.2) is 71.3 Å².